The highest BCUT2D eigenvalue weighted by Crippen LogP contribution is 2.21. The number of likely N-dealkylation sites (tertiary alicyclic amines) is 1. The Bertz CT molecular complexity index is 248. The van der Waals surface area contributed by atoms with E-state index in [2.05, 4.69) is 36.0 Å². The van der Waals surface area contributed by atoms with Gasteiger partial charge in [-0.3, -0.25) is 4.90 Å². The summed E-state index contributed by atoms with van der Waals surface area (Å²) in [6.45, 7) is 11.0. The van der Waals surface area contributed by atoms with Crippen molar-refractivity contribution in [3.63, 3.8) is 0 Å². The molecule has 112 valence electrons. The maximum atomic E-state index is 3.70. The van der Waals surface area contributed by atoms with Gasteiger partial charge in [0, 0.05) is 25.2 Å². The molecule has 3 nitrogen and oxygen atoms in total. The van der Waals surface area contributed by atoms with E-state index in [4.69, 9.17) is 0 Å². The average molecular weight is 267 g/mol. The molecule has 2 aliphatic rings. The summed E-state index contributed by atoms with van der Waals surface area (Å²) in [4.78, 5) is 5.24. The van der Waals surface area contributed by atoms with Gasteiger partial charge in [-0.1, -0.05) is 13.8 Å². The van der Waals surface area contributed by atoms with E-state index < -0.39 is 0 Å². The number of piperazine rings is 1. The minimum Gasteiger partial charge on any atom is -0.311 e. The van der Waals surface area contributed by atoms with Crippen LogP contribution in [0.3, 0.4) is 0 Å². The quantitative estimate of drug-likeness (QED) is 0.824. The second-order valence-electron chi connectivity index (χ2n) is 6.61. The molecule has 2 heterocycles. The van der Waals surface area contributed by atoms with Gasteiger partial charge in [-0.25, -0.2) is 0 Å². The first-order valence-corrected chi connectivity index (χ1v) is 8.38. The molecule has 0 saturated carbocycles. The molecule has 1 N–H and O–H groups in total. The Balaban J connectivity index is 1.75. The van der Waals surface area contributed by atoms with E-state index >= 15 is 0 Å². The maximum Gasteiger partial charge on any atom is 0.0218 e. The largest absolute Gasteiger partial charge is 0.311 e. The third-order valence-electron chi connectivity index (χ3n) is 5.24. The SMILES string of the molecule is CCC1CN(CCC2CCN(C)CC2)C(CC)CN1. The Hall–Kier alpha value is -0.120. The van der Waals surface area contributed by atoms with E-state index in [0.717, 1.165) is 18.0 Å². The molecule has 3 heteroatoms. The molecule has 0 bridgehead atoms. The molecular weight excluding hydrogens is 234 g/mol. The summed E-state index contributed by atoms with van der Waals surface area (Å²) in [7, 11) is 2.26. The second-order valence-corrected chi connectivity index (χ2v) is 6.61. The summed E-state index contributed by atoms with van der Waals surface area (Å²) in [5.74, 6) is 0.976. The van der Waals surface area contributed by atoms with Crippen LogP contribution in [0.15, 0.2) is 0 Å². The molecule has 2 unspecified atom stereocenters. The first-order valence-electron chi connectivity index (χ1n) is 8.38. The Labute approximate surface area is 119 Å². The van der Waals surface area contributed by atoms with Crippen molar-refractivity contribution < 1.29 is 0 Å². The van der Waals surface area contributed by atoms with Gasteiger partial charge in [0.15, 0.2) is 0 Å². The van der Waals surface area contributed by atoms with Crippen molar-refractivity contribution >= 4 is 0 Å². The number of nitrogens with one attached hydrogen (secondary N) is 1. The number of piperidine rings is 1. The number of hydrogen-bond acceptors (Lipinski definition) is 3. The molecule has 2 fully saturated rings. The molecule has 2 aliphatic heterocycles. The van der Waals surface area contributed by atoms with Crippen LogP contribution < -0.4 is 5.32 Å². The van der Waals surface area contributed by atoms with Gasteiger partial charge >= 0.3 is 0 Å². The normalized spacial score (nSPS) is 31.7. The van der Waals surface area contributed by atoms with Crippen LogP contribution in [0.5, 0.6) is 0 Å². The Morgan fingerprint density at radius 2 is 1.84 bits per heavy atom. The van der Waals surface area contributed by atoms with E-state index in [9.17, 15) is 0 Å². The van der Waals surface area contributed by atoms with Crippen LogP contribution in [0, 0.1) is 5.92 Å². The third-order valence-corrected chi connectivity index (χ3v) is 5.24. The van der Waals surface area contributed by atoms with Crippen LogP contribution in [0.4, 0.5) is 0 Å². The van der Waals surface area contributed by atoms with Gasteiger partial charge in [0.25, 0.3) is 0 Å². The van der Waals surface area contributed by atoms with Gasteiger partial charge in [0.2, 0.25) is 0 Å². The predicted octanol–water partition coefficient (Wildman–Crippen LogP) is 2.18. The van der Waals surface area contributed by atoms with Crippen LogP contribution in [-0.2, 0) is 0 Å². The molecule has 0 radical (unpaired) electrons. The van der Waals surface area contributed by atoms with E-state index in [1.165, 1.54) is 64.8 Å². The van der Waals surface area contributed by atoms with Crippen molar-refractivity contribution in [2.75, 3.05) is 39.8 Å². The molecule has 0 aromatic heterocycles. The van der Waals surface area contributed by atoms with Crippen molar-refractivity contribution in [2.24, 2.45) is 5.92 Å². The van der Waals surface area contributed by atoms with E-state index in [1.54, 1.807) is 0 Å². The van der Waals surface area contributed by atoms with Gasteiger partial charge in [0.05, 0.1) is 0 Å². The van der Waals surface area contributed by atoms with Crippen LogP contribution in [0.1, 0.15) is 46.0 Å². The first kappa shape index (κ1) is 15.3. The van der Waals surface area contributed by atoms with E-state index in [1.807, 2.05) is 0 Å². The zero-order valence-corrected chi connectivity index (χ0v) is 13.2. The highest BCUT2D eigenvalue weighted by atomic mass is 15.2. The minimum absolute atomic E-state index is 0.722. The standard InChI is InChI=1S/C16H33N3/c1-4-15-13-19(16(5-2)12-17-15)11-8-14-6-9-18(3)10-7-14/h14-17H,4-13H2,1-3H3. The lowest BCUT2D eigenvalue weighted by atomic mass is 9.93. The Morgan fingerprint density at radius 3 is 2.47 bits per heavy atom. The number of rotatable bonds is 5. The topological polar surface area (TPSA) is 18.5 Å². The zero-order chi connectivity index (χ0) is 13.7. The molecule has 0 aliphatic carbocycles. The summed E-state index contributed by atoms with van der Waals surface area (Å²) in [5.41, 5.74) is 0. The molecule has 0 amide bonds. The Kier molecular flexibility index (Phi) is 6.11. The fraction of sp³-hybridized carbons (Fsp3) is 1.00. The molecular formula is C16H33N3. The molecule has 0 aromatic rings. The highest BCUT2D eigenvalue weighted by molar-refractivity contribution is 4.85. The lowest BCUT2D eigenvalue weighted by Gasteiger charge is -2.41. The van der Waals surface area contributed by atoms with Crippen molar-refractivity contribution in [2.45, 2.75) is 58.0 Å². The van der Waals surface area contributed by atoms with Gasteiger partial charge in [-0.05, 0) is 64.7 Å². The highest BCUT2D eigenvalue weighted by Gasteiger charge is 2.26. The molecule has 2 rings (SSSR count). The van der Waals surface area contributed by atoms with E-state index in [0.29, 0.717) is 0 Å². The summed E-state index contributed by atoms with van der Waals surface area (Å²) in [6.07, 6.45) is 6.80. The van der Waals surface area contributed by atoms with Gasteiger partial charge < -0.3 is 10.2 Å². The Morgan fingerprint density at radius 1 is 1.11 bits per heavy atom. The van der Waals surface area contributed by atoms with Gasteiger partial charge in [-0.2, -0.15) is 0 Å². The number of hydrogen-bond donors (Lipinski definition) is 1. The van der Waals surface area contributed by atoms with E-state index in [-0.39, 0.29) is 0 Å². The summed E-state index contributed by atoms with van der Waals surface area (Å²) >= 11 is 0. The summed E-state index contributed by atoms with van der Waals surface area (Å²) in [5, 5.41) is 3.70. The first-order chi connectivity index (χ1) is 9.22. The summed E-state index contributed by atoms with van der Waals surface area (Å²) in [6, 6.07) is 1.49. The fourth-order valence-electron chi connectivity index (χ4n) is 3.58. The average Bonchev–Trinajstić information content (AvgIpc) is 2.46. The predicted molar refractivity (Wildman–Crippen MR) is 82.6 cm³/mol. The van der Waals surface area contributed by atoms with Crippen LogP contribution >= 0.6 is 0 Å². The second kappa shape index (κ2) is 7.61. The van der Waals surface area contributed by atoms with Crippen molar-refractivity contribution in [1.29, 1.82) is 0 Å². The maximum absolute atomic E-state index is 3.70. The van der Waals surface area contributed by atoms with Crippen molar-refractivity contribution in [3.05, 3.63) is 0 Å². The molecule has 2 saturated heterocycles. The van der Waals surface area contributed by atoms with Crippen molar-refractivity contribution in [1.82, 2.24) is 15.1 Å². The van der Waals surface area contributed by atoms with Crippen LogP contribution in [0.25, 0.3) is 0 Å². The fourth-order valence-corrected chi connectivity index (χ4v) is 3.58. The van der Waals surface area contributed by atoms with Crippen LogP contribution in [0.2, 0.25) is 0 Å². The lowest BCUT2D eigenvalue weighted by molar-refractivity contribution is 0.108. The number of nitrogens with zero attached hydrogens (tertiary/aromatic N) is 2. The zero-order valence-electron chi connectivity index (χ0n) is 13.2. The molecule has 19 heavy (non-hydrogen) atoms. The monoisotopic (exact) mass is 267 g/mol. The molecule has 0 spiro atoms. The van der Waals surface area contributed by atoms with Gasteiger partial charge in [-0.15, -0.1) is 0 Å². The molecule has 2 atom stereocenters. The third kappa shape index (κ3) is 4.44. The van der Waals surface area contributed by atoms with Crippen LogP contribution in [-0.4, -0.2) is 61.7 Å². The summed E-state index contributed by atoms with van der Waals surface area (Å²) < 4.78 is 0. The van der Waals surface area contributed by atoms with Gasteiger partial charge in [0.1, 0.15) is 0 Å². The smallest absolute Gasteiger partial charge is 0.0218 e. The van der Waals surface area contributed by atoms with Crippen molar-refractivity contribution in [3.8, 4) is 0 Å². The minimum atomic E-state index is 0.722. The lowest BCUT2D eigenvalue weighted by Crippen LogP contribution is -2.56. The molecule has 0 aromatic carbocycles.